The molecule has 1 rings (SSSR count). The zero-order chi connectivity index (χ0) is 11.1. The van der Waals surface area contributed by atoms with E-state index in [1.165, 1.54) is 25.7 Å². The van der Waals surface area contributed by atoms with Crippen molar-refractivity contribution in [2.45, 2.75) is 58.9 Å². The highest BCUT2D eigenvalue weighted by molar-refractivity contribution is 4.89. The zero-order valence-corrected chi connectivity index (χ0v) is 10.6. The number of hydrogen-bond donors (Lipinski definition) is 1. The van der Waals surface area contributed by atoms with Crippen LogP contribution in [0.25, 0.3) is 0 Å². The lowest BCUT2D eigenvalue weighted by Gasteiger charge is -2.24. The van der Waals surface area contributed by atoms with Crippen LogP contribution in [0.4, 0.5) is 0 Å². The van der Waals surface area contributed by atoms with Crippen molar-refractivity contribution in [1.29, 1.82) is 0 Å². The first kappa shape index (κ1) is 13.0. The largest absolute Gasteiger partial charge is 0.381 e. The summed E-state index contributed by atoms with van der Waals surface area (Å²) in [6, 6.07) is 0.736. The maximum atomic E-state index is 5.69. The fourth-order valence-electron chi connectivity index (χ4n) is 2.44. The van der Waals surface area contributed by atoms with Crippen molar-refractivity contribution in [3.05, 3.63) is 0 Å². The van der Waals surface area contributed by atoms with Crippen molar-refractivity contribution in [3.8, 4) is 0 Å². The molecule has 2 unspecified atom stereocenters. The smallest absolute Gasteiger partial charge is 0.0520 e. The number of nitrogens with one attached hydrogen (secondary N) is 1. The summed E-state index contributed by atoms with van der Waals surface area (Å²) in [6.45, 7) is 9.80. The summed E-state index contributed by atoms with van der Waals surface area (Å²) in [4.78, 5) is 0. The van der Waals surface area contributed by atoms with Gasteiger partial charge in [-0.15, -0.1) is 0 Å². The van der Waals surface area contributed by atoms with E-state index in [2.05, 4.69) is 26.1 Å². The minimum absolute atomic E-state index is 0.431. The average Bonchev–Trinajstić information content (AvgIpc) is 2.58. The third kappa shape index (κ3) is 4.52. The minimum atomic E-state index is 0.431. The van der Waals surface area contributed by atoms with Crippen molar-refractivity contribution in [2.24, 2.45) is 5.41 Å². The standard InChI is InChI=1S/C13H27NO/c1-4-8-14-12-6-7-13(3,10-12)11-15-9-5-2/h12,14H,4-11H2,1-3H3. The Morgan fingerprint density at radius 3 is 2.80 bits per heavy atom. The van der Waals surface area contributed by atoms with Gasteiger partial charge in [0.15, 0.2) is 0 Å². The number of rotatable bonds is 7. The highest BCUT2D eigenvalue weighted by atomic mass is 16.5. The first-order chi connectivity index (χ1) is 7.20. The Morgan fingerprint density at radius 1 is 1.33 bits per heavy atom. The first-order valence-corrected chi connectivity index (χ1v) is 6.51. The minimum Gasteiger partial charge on any atom is -0.381 e. The number of ether oxygens (including phenoxy) is 1. The molecular formula is C13H27NO. The van der Waals surface area contributed by atoms with Gasteiger partial charge in [0, 0.05) is 12.6 Å². The second-order valence-electron chi connectivity index (χ2n) is 5.26. The van der Waals surface area contributed by atoms with Gasteiger partial charge in [-0.2, -0.15) is 0 Å². The van der Waals surface area contributed by atoms with Crippen LogP contribution in [0.2, 0.25) is 0 Å². The molecule has 0 aliphatic heterocycles. The summed E-state index contributed by atoms with van der Waals surface area (Å²) in [5.41, 5.74) is 0.431. The maximum Gasteiger partial charge on any atom is 0.0520 e. The fourth-order valence-corrected chi connectivity index (χ4v) is 2.44. The molecule has 2 atom stereocenters. The van der Waals surface area contributed by atoms with E-state index in [9.17, 15) is 0 Å². The molecule has 0 aromatic carbocycles. The van der Waals surface area contributed by atoms with Gasteiger partial charge in [0.05, 0.1) is 6.61 Å². The maximum absolute atomic E-state index is 5.69. The predicted molar refractivity (Wildman–Crippen MR) is 65.1 cm³/mol. The molecule has 0 saturated heterocycles. The van der Waals surface area contributed by atoms with Crippen molar-refractivity contribution in [1.82, 2.24) is 5.32 Å². The Morgan fingerprint density at radius 2 is 2.13 bits per heavy atom. The highest BCUT2D eigenvalue weighted by Gasteiger charge is 2.34. The van der Waals surface area contributed by atoms with Gasteiger partial charge < -0.3 is 10.1 Å². The Hall–Kier alpha value is -0.0800. The van der Waals surface area contributed by atoms with Crippen LogP contribution in [0.5, 0.6) is 0 Å². The Bertz CT molecular complexity index is 172. The van der Waals surface area contributed by atoms with E-state index in [1.54, 1.807) is 0 Å². The van der Waals surface area contributed by atoms with Gasteiger partial charge in [0.1, 0.15) is 0 Å². The van der Waals surface area contributed by atoms with Crippen LogP contribution in [0, 0.1) is 5.41 Å². The molecule has 0 aromatic rings. The molecule has 1 aliphatic rings. The van der Waals surface area contributed by atoms with Crippen LogP contribution in [-0.4, -0.2) is 25.8 Å². The van der Waals surface area contributed by atoms with Crippen LogP contribution >= 0.6 is 0 Å². The zero-order valence-electron chi connectivity index (χ0n) is 10.6. The summed E-state index contributed by atoms with van der Waals surface area (Å²) in [5.74, 6) is 0. The summed E-state index contributed by atoms with van der Waals surface area (Å²) in [7, 11) is 0. The molecule has 1 N–H and O–H groups in total. The van der Waals surface area contributed by atoms with Crippen LogP contribution < -0.4 is 5.32 Å². The van der Waals surface area contributed by atoms with Crippen LogP contribution in [0.1, 0.15) is 52.9 Å². The molecule has 0 radical (unpaired) electrons. The van der Waals surface area contributed by atoms with Gasteiger partial charge in [0.2, 0.25) is 0 Å². The van der Waals surface area contributed by atoms with E-state index >= 15 is 0 Å². The molecule has 2 nitrogen and oxygen atoms in total. The second-order valence-corrected chi connectivity index (χ2v) is 5.26. The van der Waals surface area contributed by atoms with Crippen molar-refractivity contribution in [2.75, 3.05) is 19.8 Å². The van der Waals surface area contributed by atoms with E-state index in [1.807, 2.05) is 0 Å². The molecular weight excluding hydrogens is 186 g/mol. The molecule has 0 amide bonds. The number of hydrogen-bond acceptors (Lipinski definition) is 2. The SMILES string of the molecule is CCCNC1CCC(C)(COCCC)C1. The fraction of sp³-hybridized carbons (Fsp3) is 1.00. The molecule has 1 aliphatic carbocycles. The van der Waals surface area contributed by atoms with Crippen molar-refractivity contribution in [3.63, 3.8) is 0 Å². The molecule has 0 spiro atoms. The van der Waals surface area contributed by atoms with E-state index in [4.69, 9.17) is 4.74 Å². The molecule has 90 valence electrons. The quantitative estimate of drug-likeness (QED) is 0.656. The van der Waals surface area contributed by atoms with Crippen LogP contribution in [-0.2, 0) is 4.74 Å². The molecule has 1 saturated carbocycles. The molecule has 1 fully saturated rings. The van der Waals surface area contributed by atoms with Gasteiger partial charge in [-0.3, -0.25) is 0 Å². The molecule has 0 aromatic heterocycles. The van der Waals surface area contributed by atoms with E-state index in [0.29, 0.717) is 5.41 Å². The topological polar surface area (TPSA) is 21.3 Å². The van der Waals surface area contributed by atoms with Crippen molar-refractivity contribution >= 4 is 0 Å². The molecule has 15 heavy (non-hydrogen) atoms. The van der Waals surface area contributed by atoms with Gasteiger partial charge in [0.25, 0.3) is 0 Å². The lowest BCUT2D eigenvalue weighted by atomic mass is 9.90. The lowest BCUT2D eigenvalue weighted by Crippen LogP contribution is -2.29. The summed E-state index contributed by atoms with van der Waals surface area (Å²) < 4.78 is 5.69. The predicted octanol–water partition coefficient (Wildman–Crippen LogP) is 2.97. The third-order valence-electron chi connectivity index (χ3n) is 3.32. The molecule has 0 bridgehead atoms. The average molecular weight is 213 g/mol. The lowest BCUT2D eigenvalue weighted by molar-refractivity contribution is 0.0555. The van der Waals surface area contributed by atoms with E-state index < -0.39 is 0 Å². The normalized spacial score (nSPS) is 31.0. The van der Waals surface area contributed by atoms with Crippen LogP contribution in [0.15, 0.2) is 0 Å². The highest BCUT2D eigenvalue weighted by Crippen LogP contribution is 2.37. The summed E-state index contributed by atoms with van der Waals surface area (Å²) >= 11 is 0. The summed E-state index contributed by atoms with van der Waals surface area (Å²) in [5, 5.41) is 3.62. The van der Waals surface area contributed by atoms with E-state index in [-0.39, 0.29) is 0 Å². The van der Waals surface area contributed by atoms with Gasteiger partial charge >= 0.3 is 0 Å². The van der Waals surface area contributed by atoms with Gasteiger partial charge in [-0.1, -0.05) is 20.8 Å². The first-order valence-electron chi connectivity index (χ1n) is 6.51. The van der Waals surface area contributed by atoms with Gasteiger partial charge in [-0.25, -0.2) is 0 Å². The third-order valence-corrected chi connectivity index (χ3v) is 3.32. The Balaban J connectivity index is 2.20. The van der Waals surface area contributed by atoms with E-state index in [0.717, 1.165) is 32.2 Å². The second kappa shape index (κ2) is 6.49. The molecule has 2 heteroatoms. The Kier molecular flexibility index (Phi) is 5.62. The monoisotopic (exact) mass is 213 g/mol. The van der Waals surface area contributed by atoms with Crippen molar-refractivity contribution < 1.29 is 4.74 Å². The van der Waals surface area contributed by atoms with Crippen LogP contribution in [0.3, 0.4) is 0 Å². The molecule has 0 heterocycles. The van der Waals surface area contributed by atoms with Gasteiger partial charge in [-0.05, 0) is 44.1 Å². The summed E-state index contributed by atoms with van der Waals surface area (Å²) in [6.07, 6.45) is 6.30. The Labute approximate surface area is 94.8 Å².